The van der Waals surface area contributed by atoms with Gasteiger partial charge in [-0.3, -0.25) is 0 Å². The van der Waals surface area contributed by atoms with Crippen LogP contribution in [0.15, 0.2) is 67.3 Å². The first kappa shape index (κ1) is 29.5. The third-order valence-electron chi connectivity index (χ3n) is 9.61. The van der Waals surface area contributed by atoms with Crippen LogP contribution in [0.4, 0.5) is 13.2 Å². The van der Waals surface area contributed by atoms with Crippen LogP contribution in [0.1, 0.15) is 89.0 Å². The summed E-state index contributed by atoms with van der Waals surface area (Å²) < 4.78 is 50.3. The van der Waals surface area contributed by atoms with Gasteiger partial charge in [-0.1, -0.05) is 62.2 Å². The second-order valence-electron chi connectivity index (χ2n) is 12.1. The molecule has 1 nitrogen and oxygen atoms in total. The maximum absolute atomic E-state index is 15.3. The minimum atomic E-state index is -0.973. The van der Waals surface area contributed by atoms with E-state index in [0.717, 1.165) is 49.5 Å². The minimum Gasteiger partial charge on any atom is -0.490 e. The van der Waals surface area contributed by atoms with Gasteiger partial charge in [0, 0.05) is 11.1 Å². The number of unbranched alkanes of at least 4 members (excludes halogenated alkanes) is 2. The normalized spacial score (nSPS) is 22.8. The first-order chi connectivity index (χ1) is 20.0. The Hall–Kier alpha value is -3.01. The number of benzene rings is 3. The van der Waals surface area contributed by atoms with Crippen LogP contribution < -0.4 is 4.74 Å². The first-order valence-corrected chi connectivity index (χ1v) is 15.6. The van der Waals surface area contributed by atoms with Gasteiger partial charge in [-0.05, 0) is 116 Å². The fraction of sp³-hybridized carbons (Fsp3) is 0.459. The third-order valence-corrected chi connectivity index (χ3v) is 9.61. The molecule has 3 aromatic carbocycles. The van der Waals surface area contributed by atoms with E-state index in [1.807, 2.05) is 6.07 Å². The van der Waals surface area contributed by atoms with Crippen LogP contribution >= 0.6 is 0 Å². The summed E-state index contributed by atoms with van der Waals surface area (Å²) in [6, 6.07) is 15.6. The maximum Gasteiger partial charge on any atom is 0.201 e. The summed E-state index contributed by atoms with van der Waals surface area (Å²) in [4.78, 5) is 0. The zero-order valence-corrected chi connectivity index (χ0v) is 24.3. The Morgan fingerprint density at radius 3 is 1.95 bits per heavy atom. The van der Waals surface area contributed by atoms with Gasteiger partial charge in [0.05, 0.1) is 6.61 Å². The molecule has 2 aliphatic carbocycles. The number of hydrogen-bond donors (Lipinski definition) is 0. The Balaban J connectivity index is 1.21. The van der Waals surface area contributed by atoms with Crippen LogP contribution in [-0.2, 0) is 0 Å². The lowest BCUT2D eigenvalue weighted by molar-refractivity contribution is 0.171. The second kappa shape index (κ2) is 13.8. The van der Waals surface area contributed by atoms with Crippen molar-refractivity contribution in [3.8, 4) is 28.0 Å². The van der Waals surface area contributed by atoms with Crippen molar-refractivity contribution in [1.29, 1.82) is 0 Å². The molecule has 0 unspecified atom stereocenters. The maximum atomic E-state index is 15.3. The van der Waals surface area contributed by atoms with Crippen LogP contribution in [0.5, 0.6) is 5.75 Å². The molecule has 2 fully saturated rings. The van der Waals surface area contributed by atoms with Gasteiger partial charge in [-0.2, -0.15) is 4.39 Å². The fourth-order valence-electron chi connectivity index (χ4n) is 7.03. The number of ether oxygens (including phenoxy) is 1. The number of allylic oxidation sites excluding steroid dienone is 1. The minimum absolute atomic E-state index is 0.0646. The molecule has 0 saturated heterocycles. The third kappa shape index (κ3) is 6.90. The van der Waals surface area contributed by atoms with Gasteiger partial charge in [0.2, 0.25) is 5.82 Å². The van der Waals surface area contributed by atoms with Crippen LogP contribution in [0.2, 0.25) is 0 Å². The molecular weight excluding hydrogens is 517 g/mol. The van der Waals surface area contributed by atoms with Gasteiger partial charge in [-0.15, -0.1) is 6.58 Å². The van der Waals surface area contributed by atoms with Gasteiger partial charge in [0.15, 0.2) is 11.6 Å². The highest BCUT2D eigenvalue weighted by Gasteiger charge is 2.31. The molecule has 0 bridgehead atoms. The first-order valence-electron chi connectivity index (χ1n) is 15.6. The predicted molar refractivity (Wildman–Crippen MR) is 163 cm³/mol. The molecule has 0 aromatic heterocycles. The summed E-state index contributed by atoms with van der Waals surface area (Å²) >= 11 is 0. The van der Waals surface area contributed by atoms with E-state index < -0.39 is 11.6 Å². The van der Waals surface area contributed by atoms with E-state index in [1.165, 1.54) is 44.6 Å². The van der Waals surface area contributed by atoms with Crippen molar-refractivity contribution >= 4 is 0 Å². The molecule has 2 saturated carbocycles. The van der Waals surface area contributed by atoms with Crippen molar-refractivity contribution in [2.45, 2.75) is 83.5 Å². The Morgan fingerprint density at radius 2 is 1.34 bits per heavy atom. The highest BCUT2D eigenvalue weighted by atomic mass is 19.2. The molecule has 0 heterocycles. The molecule has 0 spiro atoms. The number of hydrogen-bond acceptors (Lipinski definition) is 1. The highest BCUT2D eigenvalue weighted by Crippen LogP contribution is 2.44. The zero-order valence-electron chi connectivity index (χ0n) is 24.3. The van der Waals surface area contributed by atoms with E-state index in [9.17, 15) is 8.78 Å². The van der Waals surface area contributed by atoms with Gasteiger partial charge < -0.3 is 4.74 Å². The van der Waals surface area contributed by atoms with Crippen molar-refractivity contribution in [1.82, 2.24) is 0 Å². The Labute approximate surface area is 243 Å². The van der Waals surface area contributed by atoms with E-state index in [4.69, 9.17) is 4.74 Å². The zero-order chi connectivity index (χ0) is 28.8. The monoisotopic (exact) mass is 560 g/mol. The van der Waals surface area contributed by atoms with Crippen molar-refractivity contribution < 1.29 is 17.9 Å². The van der Waals surface area contributed by atoms with Crippen LogP contribution in [0.25, 0.3) is 22.3 Å². The predicted octanol–water partition coefficient (Wildman–Crippen LogP) is 11.3. The summed E-state index contributed by atoms with van der Waals surface area (Å²) in [5.41, 5.74) is 3.03. The largest absolute Gasteiger partial charge is 0.490 e. The molecule has 3 aromatic rings. The van der Waals surface area contributed by atoms with Gasteiger partial charge in [-0.25, -0.2) is 8.78 Å². The molecule has 41 heavy (non-hydrogen) atoms. The summed E-state index contributed by atoms with van der Waals surface area (Å²) in [7, 11) is 0. The SMILES string of the molecule is C=CC1CCC(C2CCC(c3ccc(-c4ccc(-c5ccc(OCCCCC)c(F)c5F)cc4)c(F)c3)CC2)CC1. The van der Waals surface area contributed by atoms with Gasteiger partial charge in [0.25, 0.3) is 0 Å². The van der Waals surface area contributed by atoms with Crippen LogP contribution in [0.3, 0.4) is 0 Å². The molecule has 2 aliphatic rings. The molecular formula is C37H43F3O. The molecule has 0 amide bonds. The van der Waals surface area contributed by atoms with E-state index >= 15 is 4.39 Å². The quantitative estimate of drug-likeness (QED) is 0.177. The molecule has 5 rings (SSSR count). The van der Waals surface area contributed by atoms with Crippen molar-refractivity contribution in [3.05, 3.63) is 90.3 Å². The molecule has 0 atom stereocenters. The lowest BCUT2D eigenvalue weighted by Crippen LogP contribution is -2.25. The average Bonchev–Trinajstić information content (AvgIpc) is 3.01. The van der Waals surface area contributed by atoms with E-state index in [1.54, 1.807) is 36.4 Å². The molecule has 0 aliphatic heterocycles. The molecule has 218 valence electrons. The lowest BCUT2D eigenvalue weighted by atomic mass is 9.68. The van der Waals surface area contributed by atoms with Crippen LogP contribution in [-0.4, -0.2) is 6.61 Å². The summed E-state index contributed by atoms with van der Waals surface area (Å²) in [5, 5.41) is 0. The standard InChI is InChI=1S/C37H43F3O/c1-3-5-6-23-41-35-22-21-33(36(39)37(35)40)30-17-15-29(16-18-30)32-20-19-31(24-34(32)38)28-13-11-27(12-14-28)26-9-7-25(4-2)8-10-26/h4,15-22,24-28H,2-3,5-14,23H2,1H3. The molecule has 0 N–H and O–H groups in total. The van der Waals surface area contributed by atoms with Crippen molar-refractivity contribution in [3.63, 3.8) is 0 Å². The number of rotatable bonds is 10. The van der Waals surface area contributed by atoms with E-state index in [0.29, 0.717) is 35.1 Å². The summed E-state index contributed by atoms with van der Waals surface area (Å²) in [6.07, 6.45) is 14.9. The van der Waals surface area contributed by atoms with Gasteiger partial charge in [0.1, 0.15) is 5.82 Å². The molecule has 0 radical (unpaired) electrons. The Bertz CT molecular complexity index is 1300. The smallest absolute Gasteiger partial charge is 0.201 e. The Kier molecular flexibility index (Phi) is 9.90. The fourth-order valence-corrected chi connectivity index (χ4v) is 7.03. The number of halogens is 3. The van der Waals surface area contributed by atoms with Crippen LogP contribution in [0, 0.1) is 35.2 Å². The van der Waals surface area contributed by atoms with E-state index in [2.05, 4.69) is 25.6 Å². The lowest BCUT2D eigenvalue weighted by Gasteiger charge is -2.37. The van der Waals surface area contributed by atoms with E-state index in [-0.39, 0.29) is 17.1 Å². The average molecular weight is 561 g/mol. The topological polar surface area (TPSA) is 9.23 Å². The second-order valence-corrected chi connectivity index (χ2v) is 12.1. The van der Waals surface area contributed by atoms with Crippen molar-refractivity contribution in [2.24, 2.45) is 17.8 Å². The summed E-state index contributed by atoms with van der Waals surface area (Å²) in [6.45, 7) is 6.41. The van der Waals surface area contributed by atoms with Gasteiger partial charge >= 0.3 is 0 Å². The van der Waals surface area contributed by atoms with Crippen molar-refractivity contribution in [2.75, 3.05) is 6.61 Å². The molecule has 4 heteroatoms. The highest BCUT2D eigenvalue weighted by molar-refractivity contribution is 5.71. The Morgan fingerprint density at radius 1 is 0.732 bits per heavy atom. The summed E-state index contributed by atoms with van der Waals surface area (Å²) in [5.74, 6) is 0.578.